The molecule has 1 atom stereocenters. The summed E-state index contributed by atoms with van der Waals surface area (Å²) in [6.45, 7) is 0.957. The quantitative estimate of drug-likeness (QED) is 0.719. The highest BCUT2D eigenvalue weighted by molar-refractivity contribution is 5.71. The lowest BCUT2D eigenvalue weighted by molar-refractivity contribution is -0.301. The van der Waals surface area contributed by atoms with Gasteiger partial charge >= 0.3 is 18.1 Å². The minimum absolute atomic E-state index is 0.776. The molecule has 0 bridgehead atoms. The largest absolute Gasteiger partial charge is 0.481 e. The van der Waals surface area contributed by atoms with Gasteiger partial charge in [-0.05, 0) is 6.42 Å². The Morgan fingerprint density at radius 2 is 1.69 bits per heavy atom. The maximum Gasteiger partial charge on any atom is 0.454 e. The van der Waals surface area contributed by atoms with Gasteiger partial charge in [0.25, 0.3) is 0 Å². The Kier molecular flexibility index (Phi) is 3.23. The van der Waals surface area contributed by atoms with Crippen molar-refractivity contribution in [3.63, 3.8) is 0 Å². The van der Waals surface area contributed by atoms with E-state index in [0.717, 1.165) is 6.92 Å². The molecular weight excluding hydrogens is 199 g/mol. The fourth-order valence-electron chi connectivity index (χ4n) is 0.784. The van der Waals surface area contributed by atoms with Crippen molar-refractivity contribution in [2.24, 2.45) is 5.92 Å². The van der Waals surface area contributed by atoms with Crippen molar-refractivity contribution >= 4 is 5.97 Å². The molecule has 13 heavy (non-hydrogen) atoms. The van der Waals surface area contributed by atoms with Crippen molar-refractivity contribution in [3.05, 3.63) is 0 Å². The van der Waals surface area contributed by atoms with E-state index in [1.54, 1.807) is 0 Å². The number of carbonyl (C=O) groups is 1. The summed E-state index contributed by atoms with van der Waals surface area (Å²) < 4.78 is 59.5. The zero-order valence-electron chi connectivity index (χ0n) is 6.53. The van der Waals surface area contributed by atoms with Crippen LogP contribution in [0.5, 0.6) is 0 Å². The van der Waals surface area contributed by atoms with Crippen molar-refractivity contribution < 1.29 is 31.9 Å². The molecule has 1 unspecified atom stereocenters. The second kappa shape index (κ2) is 3.47. The number of carboxylic acid groups (broad SMARTS) is 1. The molecule has 0 heterocycles. The fraction of sp³-hybridized carbons (Fsp3) is 0.833. The van der Waals surface area contributed by atoms with E-state index >= 15 is 0 Å². The first kappa shape index (κ1) is 12.1. The number of hydrogen-bond acceptors (Lipinski definition) is 1. The molecule has 0 aliphatic heterocycles. The Balaban J connectivity index is 4.89. The first-order valence-electron chi connectivity index (χ1n) is 3.32. The Labute approximate surface area is 70.3 Å². The van der Waals surface area contributed by atoms with Crippen molar-refractivity contribution in [2.45, 2.75) is 25.4 Å². The molecule has 0 saturated heterocycles. The fourth-order valence-corrected chi connectivity index (χ4v) is 0.784. The normalized spacial score (nSPS) is 15.5. The van der Waals surface area contributed by atoms with Gasteiger partial charge in [-0.15, -0.1) is 0 Å². The van der Waals surface area contributed by atoms with E-state index in [1.165, 1.54) is 0 Å². The van der Waals surface area contributed by atoms with Gasteiger partial charge < -0.3 is 5.11 Å². The first-order chi connectivity index (χ1) is 5.64. The molecule has 0 aliphatic rings. The first-order valence-corrected chi connectivity index (χ1v) is 3.32. The molecular formula is C6H7F5O2. The van der Waals surface area contributed by atoms with Crippen LogP contribution in [0, 0.1) is 5.92 Å². The lowest BCUT2D eigenvalue weighted by Crippen LogP contribution is -2.46. The number of alkyl halides is 5. The molecule has 0 aromatic rings. The van der Waals surface area contributed by atoms with Gasteiger partial charge in [-0.1, -0.05) is 6.92 Å². The summed E-state index contributed by atoms with van der Waals surface area (Å²) in [5.74, 6) is -10.0. The minimum Gasteiger partial charge on any atom is -0.481 e. The molecule has 2 nitrogen and oxygen atoms in total. The van der Waals surface area contributed by atoms with E-state index in [4.69, 9.17) is 5.11 Å². The highest BCUT2D eigenvalue weighted by Gasteiger charge is 2.63. The van der Waals surface area contributed by atoms with Crippen LogP contribution in [0.4, 0.5) is 22.0 Å². The maximum atomic E-state index is 12.3. The van der Waals surface area contributed by atoms with Gasteiger partial charge in [0.2, 0.25) is 0 Å². The van der Waals surface area contributed by atoms with E-state index in [1.807, 2.05) is 0 Å². The Morgan fingerprint density at radius 1 is 1.31 bits per heavy atom. The summed E-state index contributed by atoms with van der Waals surface area (Å²) >= 11 is 0. The van der Waals surface area contributed by atoms with E-state index in [-0.39, 0.29) is 0 Å². The van der Waals surface area contributed by atoms with Gasteiger partial charge in [-0.25, -0.2) is 0 Å². The summed E-state index contributed by atoms with van der Waals surface area (Å²) in [6, 6.07) is 0. The molecule has 0 saturated carbocycles. The van der Waals surface area contributed by atoms with E-state index in [9.17, 15) is 26.7 Å². The number of aliphatic carboxylic acids is 1. The van der Waals surface area contributed by atoms with Crippen LogP contribution in [-0.2, 0) is 4.79 Å². The molecule has 78 valence electrons. The van der Waals surface area contributed by atoms with Crippen LogP contribution in [0.1, 0.15) is 13.3 Å². The standard InChI is InChI=1S/C6H7F5O2/c1-2-3(4(12)13)5(7,8)6(9,10)11/h3H,2H2,1H3,(H,12,13). The van der Waals surface area contributed by atoms with Gasteiger partial charge in [-0.2, -0.15) is 22.0 Å². The molecule has 0 aromatic heterocycles. The van der Waals surface area contributed by atoms with Crippen LogP contribution in [0.3, 0.4) is 0 Å². The van der Waals surface area contributed by atoms with Crippen LogP contribution in [-0.4, -0.2) is 23.2 Å². The van der Waals surface area contributed by atoms with Crippen LogP contribution in [0.25, 0.3) is 0 Å². The highest BCUT2D eigenvalue weighted by atomic mass is 19.4. The summed E-state index contributed by atoms with van der Waals surface area (Å²) in [7, 11) is 0. The average Bonchev–Trinajstić information content (AvgIpc) is 1.83. The molecule has 0 aromatic carbocycles. The van der Waals surface area contributed by atoms with Crippen LogP contribution in [0.15, 0.2) is 0 Å². The van der Waals surface area contributed by atoms with E-state index in [0.29, 0.717) is 0 Å². The van der Waals surface area contributed by atoms with E-state index < -0.39 is 30.4 Å². The zero-order chi connectivity index (χ0) is 10.9. The number of halogens is 5. The molecule has 0 amide bonds. The topological polar surface area (TPSA) is 37.3 Å². The van der Waals surface area contributed by atoms with Crippen molar-refractivity contribution in [1.29, 1.82) is 0 Å². The third kappa shape index (κ3) is 2.28. The third-order valence-electron chi connectivity index (χ3n) is 1.52. The summed E-state index contributed by atoms with van der Waals surface area (Å²) in [5, 5.41) is 8.09. The Bertz CT molecular complexity index is 198. The highest BCUT2D eigenvalue weighted by Crippen LogP contribution is 2.42. The average molecular weight is 206 g/mol. The van der Waals surface area contributed by atoms with Gasteiger partial charge in [-0.3, -0.25) is 4.79 Å². The van der Waals surface area contributed by atoms with Crippen LogP contribution in [0.2, 0.25) is 0 Å². The molecule has 1 N–H and O–H groups in total. The molecule has 0 spiro atoms. The zero-order valence-corrected chi connectivity index (χ0v) is 6.53. The maximum absolute atomic E-state index is 12.3. The van der Waals surface area contributed by atoms with E-state index in [2.05, 4.69) is 0 Å². The lowest BCUT2D eigenvalue weighted by atomic mass is 9.98. The Hall–Kier alpha value is -0.880. The molecule has 0 rings (SSSR count). The second-order valence-corrected chi connectivity index (χ2v) is 2.42. The molecule has 0 radical (unpaired) electrons. The van der Waals surface area contributed by atoms with Gasteiger partial charge in [0, 0.05) is 0 Å². The number of carboxylic acids is 1. The summed E-state index contributed by atoms with van der Waals surface area (Å²) in [5.41, 5.74) is 0. The smallest absolute Gasteiger partial charge is 0.454 e. The summed E-state index contributed by atoms with van der Waals surface area (Å²) in [6.07, 6.45) is -6.59. The molecule has 0 aliphatic carbocycles. The number of hydrogen-bond donors (Lipinski definition) is 1. The predicted molar refractivity (Wildman–Crippen MR) is 32.4 cm³/mol. The number of rotatable bonds is 3. The van der Waals surface area contributed by atoms with Crippen molar-refractivity contribution in [2.75, 3.05) is 0 Å². The van der Waals surface area contributed by atoms with Crippen LogP contribution < -0.4 is 0 Å². The van der Waals surface area contributed by atoms with Gasteiger partial charge in [0.1, 0.15) is 5.92 Å². The van der Waals surface area contributed by atoms with Crippen molar-refractivity contribution in [1.82, 2.24) is 0 Å². The lowest BCUT2D eigenvalue weighted by Gasteiger charge is -2.24. The van der Waals surface area contributed by atoms with Gasteiger partial charge in [0.15, 0.2) is 0 Å². The molecule has 0 fully saturated rings. The second-order valence-electron chi connectivity index (χ2n) is 2.42. The molecule has 7 heteroatoms. The Morgan fingerprint density at radius 3 is 1.77 bits per heavy atom. The summed E-state index contributed by atoms with van der Waals surface area (Å²) in [4.78, 5) is 10.0. The monoisotopic (exact) mass is 206 g/mol. The minimum atomic E-state index is -5.81. The third-order valence-corrected chi connectivity index (χ3v) is 1.52. The van der Waals surface area contributed by atoms with Crippen LogP contribution >= 0.6 is 0 Å². The van der Waals surface area contributed by atoms with Gasteiger partial charge in [0.05, 0.1) is 0 Å². The predicted octanol–water partition coefficient (Wildman–Crippen LogP) is 2.29. The SMILES string of the molecule is CCC(C(=O)O)C(F)(F)C(F)(F)F. The van der Waals surface area contributed by atoms with Crippen molar-refractivity contribution in [3.8, 4) is 0 Å².